The summed E-state index contributed by atoms with van der Waals surface area (Å²) in [4.78, 5) is 6.93. The molecule has 3 N–H and O–H groups in total. The first kappa shape index (κ1) is 23.8. The Morgan fingerprint density at radius 3 is 2.53 bits per heavy atom. The zero-order chi connectivity index (χ0) is 22.9. The lowest BCUT2D eigenvalue weighted by atomic mass is 10.0. The van der Waals surface area contributed by atoms with E-state index in [1.54, 1.807) is 12.1 Å². The van der Waals surface area contributed by atoms with E-state index in [0.29, 0.717) is 25.4 Å². The van der Waals surface area contributed by atoms with Gasteiger partial charge in [0.05, 0.1) is 13.2 Å². The fourth-order valence-corrected chi connectivity index (χ4v) is 3.74. The molecular formula is C24H32F2N4O2. The number of guanidine groups is 1. The molecule has 0 aromatic heterocycles. The van der Waals surface area contributed by atoms with Crippen molar-refractivity contribution in [3.63, 3.8) is 0 Å². The summed E-state index contributed by atoms with van der Waals surface area (Å²) in [6.07, 6.45) is 1.86. The van der Waals surface area contributed by atoms with E-state index < -0.39 is 11.6 Å². The highest BCUT2D eigenvalue weighted by Crippen LogP contribution is 2.27. The van der Waals surface area contributed by atoms with Gasteiger partial charge in [-0.2, -0.15) is 0 Å². The molecule has 0 bridgehead atoms. The Morgan fingerprint density at radius 2 is 1.84 bits per heavy atom. The van der Waals surface area contributed by atoms with E-state index in [4.69, 9.17) is 4.74 Å². The van der Waals surface area contributed by atoms with Crippen LogP contribution in [0.5, 0.6) is 11.5 Å². The maximum absolute atomic E-state index is 13.4. The van der Waals surface area contributed by atoms with Crippen LogP contribution in [0.2, 0.25) is 0 Å². The number of ether oxygens (including phenoxy) is 1. The first-order valence-corrected chi connectivity index (χ1v) is 11.1. The van der Waals surface area contributed by atoms with Crippen molar-refractivity contribution in [1.82, 2.24) is 15.5 Å². The van der Waals surface area contributed by atoms with Gasteiger partial charge in [-0.25, -0.2) is 13.8 Å². The van der Waals surface area contributed by atoms with Gasteiger partial charge in [0.15, 0.2) is 29.1 Å². The molecule has 2 aromatic rings. The molecule has 0 radical (unpaired) electrons. The fraction of sp³-hybridized carbons (Fsp3) is 0.458. The number of phenolic OH excluding ortho intramolecular Hbond substituents is 1. The van der Waals surface area contributed by atoms with Gasteiger partial charge in [0.1, 0.15) is 0 Å². The van der Waals surface area contributed by atoms with Crippen molar-refractivity contribution in [2.45, 2.75) is 45.8 Å². The number of hydrogen-bond acceptors (Lipinski definition) is 4. The monoisotopic (exact) mass is 446 g/mol. The molecule has 8 heteroatoms. The molecular weight excluding hydrogens is 414 g/mol. The number of aromatic hydroxyl groups is 1. The zero-order valence-electron chi connectivity index (χ0n) is 18.7. The lowest BCUT2D eigenvalue weighted by Crippen LogP contribution is -2.48. The molecule has 0 atom stereocenters. The van der Waals surface area contributed by atoms with Crippen molar-refractivity contribution in [3.8, 4) is 11.5 Å². The molecule has 6 nitrogen and oxygen atoms in total. The summed E-state index contributed by atoms with van der Waals surface area (Å²) in [6.45, 7) is 7.94. The third-order valence-corrected chi connectivity index (χ3v) is 5.41. The number of piperidine rings is 1. The summed E-state index contributed by atoms with van der Waals surface area (Å²) < 4.78 is 32.0. The van der Waals surface area contributed by atoms with Crippen molar-refractivity contribution in [3.05, 3.63) is 59.2 Å². The molecule has 1 saturated heterocycles. The maximum Gasteiger partial charge on any atom is 0.191 e. The predicted molar refractivity (Wildman–Crippen MR) is 122 cm³/mol. The van der Waals surface area contributed by atoms with Crippen LogP contribution in [-0.4, -0.2) is 48.2 Å². The minimum atomic E-state index is -0.812. The first-order chi connectivity index (χ1) is 15.5. The number of hydrogen-bond donors (Lipinski definition) is 3. The zero-order valence-corrected chi connectivity index (χ0v) is 18.7. The van der Waals surface area contributed by atoms with Crippen LogP contribution in [0.4, 0.5) is 8.78 Å². The summed E-state index contributed by atoms with van der Waals surface area (Å²) in [5.41, 5.74) is 1.73. The average Bonchev–Trinajstić information content (AvgIpc) is 2.78. The van der Waals surface area contributed by atoms with Crippen LogP contribution < -0.4 is 15.4 Å². The van der Waals surface area contributed by atoms with Gasteiger partial charge in [-0.15, -0.1) is 0 Å². The second kappa shape index (κ2) is 11.7. The Bertz CT molecular complexity index is 915. The Hall–Kier alpha value is -2.87. The summed E-state index contributed by atoms with van der Waals surface area (Å²) in [5, 5.41) is 16.6. The third kappa shape index (κ3) is 6.82. The molecule has 1 fully saturated rings. The Morgan fingerprint density at radius 1 is 1.09 bits per heavy atom. The van der Waals surface area contributed by atoms with Crippen LogP contribution in [0.3, 0.4) is 0 Å². The van der Waals surface area contributed by atoms with Gasteiger partial charge in [0, 0.05) is 32.2 Å². The summed E-state index contributed by atoms with van der Waals surface area (Å²) >= 11 is 0. The molecule has 0 saturated carbocycles. The Labute approximate surface area is 188 Å². The average molecular weight is 447 g/mol. The van der Waals surface area contributed by atoms with Crippen molar-refractivity contribution >= 4 is 5.96 Å². The molecule has 0 spiro atoms. The Balaban J connectivity index is 1.53. The van der Waals surface area contributed by atoms with Gasteiger partial charge in [0.2, 0.25) is 0 Å². The van der Waals surface area contributed by atoms with E-state index in [0.717, 1.165) is 49.6 Å². The normalized spacial score (nSPS) is 15.6. The molecule has 0 aliphatic carbocycles. The number of benzene rings is 2. The number of aliphatic imine (C=N–C) groups is 1. The van der Waals surface area contributed by atoms with Crippen LogP contribution in [0.15, 0.2) is 41.4 Å². The molecule has 0 unspecified atom stereocenters. The van der Waals surface area contributed by atoms with Gasteiger partial charge < -0.3 is 20.5 Å². The number of nitrogens with zero attached hydrogens (tertiary/aromatic N) is 2. The number of rotatable bonds is 8. The van der Waals surface area contributed by atoms with Crippen LogP contribution in [0.1, 0.15) is 37.8 Å². The highest BCUT2D eigenvalue weighted by molar-refractivity contribution is 5.80. The van der Waals surface area contributed by atoms with E-state index in [1.165, 1.54) is 12.1 Å². The van der Waals surface area contributed by atoms with Crippen LogP contribution in [0.25, 0.3) is 0 Å². The van der Waals surface area contributed by atoms with Gasteiger partial charge >= 0.3 is 0 Å². The minimum Gasteiger partial charge on any atom is -0.504 e. The van der Waals surface area contributed by atoms with Crippen molar-refractivity contribution in [1.29, 1.82) is 0 Å². The van der Waals surface area contributed by atoms with Crippen molar-refractivity contribution < 1.29 is 18.6 Å². The van der Waals surface area contributed by atoms with Crippen molar-refractivity contribution in [2.24, 2.45) is 4.99 Å². The number of halogens is 2. The molecule has 32 heavy (non-hydrogen) atoms. The molecule has 1 aliphatic rings. The van der Waals surface area contributed by atoms with Crippen molar-refractivity contribution in [2.75, 3.05) is 26.2 Å². The number of nitrogens with one attached hydrogen (secondary N) is 2. The lowest BCUT2D eigenvalue weighted by molar-refractivity contribution is 0.198. The Kier molecular flexibility index (Phi) is 8.67. The van der Waals surface area contributed by atoms with Crippen LogP contribution in [0, 0.1) is 11.6 Å². The SMILES string of the molecule is CCNC(=NCc1ccc(O)c(OCC)c1)NC1CCN(Cc2ccc(F)c(F)c2)CC1. The van der Waals surface area contributed by atoms with E-state index in [2.05, 4.69) is 20.5 Å². The quantitative estimate of drug-likeness (QED) is 0.425. The smallest absolute Gasteiger partial charge is 0.191 e. The molecule has 0 amide bonds. The molecule has 2 aromatic carbocycles. The van der Waals surface area contributed by atoms with Gasteiger partial charge in [-0.1, -0.05) is 12.1 Å². The topological polar surface area (TPSA) is 69.1 Å². The predicted octanol–water partition coefficient (Wildman–Crippen LogP) is 3.79. The second-order valence-electron chi connectivity index (χ2n) is 7.87. The first-order valence-electron chi connectivity index (χ1n) is 11.1. The number of likely N-dealkylation sites (tertiary alicyclic amines) is 1. The summed E-state index contributed by atoms with van der Waals surface area (Å²) in [7, 11) is 0. The van der Waals surface area contributed by atoms with Crippen LogP contribution in [-0.2, 0) is 13.1 Å². The van der Waals surface area contributed by atoms with Gasteiger partial charge in [0.25, 0.3) is 0 Å². The molecule has 1 aliphatic heterocycles. The molecule has 1 heterocycles. The van der Waals surface area contributed by atoms with E-state index in [9.17, 15) is 13.9 Å². The molecule has 174 valence electrons. The second-order valence-corrected chi connectivity index (χ2v) is 7.87. The highest BCUT2D eigenvalue weighted by atomic mass is 19.2. The van der Waals surface area contributed by atoms with Crippen LogP contribution >= 0.6 is 0 Å². The standard InChI is InChI=1S/C24H32F2N4O2/c1-3-27-24(28-15-17-6-8-22(31)23(14-17)32-4-2)29-19-9-11-30(12-10-19)16-18-5-7-20(25)21(26)13-18/h5-8,13-14,19,31H,3-4,9-12,15-16H2,1-2H3,(H2,27,28,29). The highest BCUT2D eigenvalue weighted by Gasteiger charge is 2.20. The largest absolute Gasteiger partial charge is 0.504 e. The number of phenols is 1. The summed E-state index contributed by atoms with van der Waals surface area (Å²) in [6, 6.07) is 9.65. The molecule has 3 rings (SSSR count). The van der Waals surface area contributed by atoms with E-state index >= 15 is 0 Å². The fourth-order valence-electron chi connectivity index (χ4n) is 3.74. The maximum atomic E-state index is 13.4. The minimum absolute atomic E-state index is 0.125. The van der Waals surface area contributed by atoms with Gasteiger partial charge in [-0.3, -0.25) is 4.90 Å². The third-order valence-electron chi connectivity index (χ3n) is 5.41. The lowest BCUT2D eigenvalue weighted by Gasteiger charge is -2.33. The summed E-state index contributed by atoms with van der Waals surface area (Å²) in [5.74, 6) is -0.273. The van der Waals surface area contributed by atoms with E-state index in [1.807, 2.05) is 26.0 Å². The van der Waals surface area contributed by atoms with E-state index in [-0.39, 0.29) is 11.8 Å². The van der Waals surface area contributed by atoms with Gasteiger partial charge in [-0.05, 0) is 62.1 Å².